The summed E-state index contributed by atoms with van der Waals surface area (Å²) in [7, 11) is 0. The molecule has 2 aliphatic rings. The minimum atomic E-state index is 0.165. The molecule has 96 valence electrons. The van der Waals surface area contributed by atoms with Gasteiger partial charge >= 0.3 is 0 Å². The van der Waals surface area contributed by atoms with Gasteiger partial charge in [0.05, 0.1) is 5.69 Å². The van der Waals surface area contributed by atoms with E-state index in [9.17, 15) is 4.79 Å². The van der Waals surface area contributed by atoms with Crippen molar-refractivity contribution in [2.24, 2.45) is 17.8 Å². The summed E-state index contributed by atoms with van der Waals surface area (Å²) >= 11 is 3.43. The second kappa shape index (κ2) is 4.57. The van der Waals surface area contributed by atoms with Crippen LogP contribution in [-0.4, -0.2) is 5.91 Å². The first-order valence-electron chi connectivity index (χ1n) is 6.52. The first-order valence-corrected chi connectivity index (χ1v) is 7.32. The SMILES string of the molecule is Nc1ccc(Br)c(NC(=O)C2C3CCCCC32)c1. The summed E-state index contributed by atoms with van der Waals surface area (Å²) in [5, 5.41) is 3.00. The van der Waals surface area contributed by atoms with Crippen molar-refractivity contribution in [1.82, 2.24) is 0 Å². The van der Waals surface area contributed by atoms with Gasteiger partial charge in [0.2, 0.25) is 5.91 Å². The maximum Gasteiger partial charge on any atom is 0.228 e. The molecule has 4 heteroatoms. The number of hydrogen-bond acceptors (Lipinski definition) is 2. The Balaban J connectivity index is 1.69. The molecule has 0 aliphatic heterocycles. The van der Waals surface area contributed by atoms with E-state index in [2.05, 4.69) is 21.2 Å². The largest absolute Gasteiger partial charge is 0.399 e. The molecule has 1 amide bonds. The highest BCUT2D eigenvalue weighted by atomic mass is 79.9. The van der Waals surface area contributed by atoms with E-state index >= 15 is 0 Å². The number of carbonyl (C=O) groups is 1. The summed E-state index contributed by atoms with van der Waals surface area (Å²) in [4.78, 5) is 12.2. The molecule has 1 aromatic rings. The van der Waals surface area contributed by atoms with Crippen LogP contribution in [-0.2, 0) is 4.79 Å². The van der Waals surface area contributed by atoms with Crippen molar-refractivity contribution in [3.63, 3.8) is 0 Å². The van der Waals surface area contributed by atoms with Gasteiger partial charge in [-0.15, -0.1) is 0 Å². The Morgan fingerprint density at radius 3 is 2.61 bits per heavy atom. The number of anilines is 2. The Morgan fingerprint density at radius 2 is 1.94 bits per heavy atom. The van der Waals surface area contributed by atoms with Crippen molar-refractivity contribution in [3.05, 3.63) is 22.7 Å². The quantitative estimate of drug-likeness (QED) is 0.823. The molecule has 2 aliphatic carbocycles. The van der Waals surface area contributed by atoms with Gasteiger partial charge in [-0.2, -0.15) is 0 Å². The predicted octanol–water partition coefficient (Wildman–Crippen LogP) is 3.41. The van der Waals surface area contributed by atoms with Crippen LogP contribution in [0, 0.1) is 17.8 Å². The van der Waals surface area contributed by atoms with Crippen molar-refractivity contribution < 1.29 is 4.79 Å². The lowest BCUT2D eigenvalue weighted by Crippen LogP contribution is -2.16. The molecule has 2 unspecified atom stereocenters. The van der Waals surface area contributed by atoms with Gasteiger partial charge in [0.15, 0.2) is 0 Å². The Hall–Kier alpha value is -1.03. The topological polar surface area (TPSA) is 55.1 Å². The molecule has 0 spiro atoms. The molecule has 3 nitrogen and oxygen atoms in total. The number of nitrogens with one attached hydrogen (secondary N) is 1. The summed E-state index contributed by atoms with van der Waals surface area (Å²) < 4.78 is 0.883. The number of nitrogen functional groups attached to an aromatic ring is 1. The minimum Gasteiger partial charge on any atom is -0.399 e. The molecular formula is C14H17BrN2O. The number of carbonyl (C=O) groups excluding carboxylic acids is 1. The summed E-state index contributed by atoms with van der Waals surface area (Å²) in [6, 6.07) is 5.48. The van der Waals surface area contributed by atoms with Crippen LogP contribution in [0.3, 0.4) is 0 Å². The van der Waals surface area contributed by atoms with E-state index in [1.807, 2.05) is 12.1 Å². The first-order chi connectivity index (χ1) is 8.66. The Bertz CT molecular complexity index is 477. The molecule has 2 fully saturated rings. The van der Waals surface area contributed by atoms with Crippen molar-refractivity contribution in [2.45, 2.75) is 25.7 Å². The molecule has 0 heterocycles. The summed E-state index contributed by atoms with van der Waals surface area (Å²) in [5.74, 6) is 1.68. The zero-order valence-corrected chi connectivity index (χ0v) is 11.7. The van der Waals surface area contributed by atoms with Gasteiger partial charge in [0, 0.05) is 16.1 Å². The molecule has 3 rings (SSSR count). The van der Waals surface area contributed by atoms with E-state index < -0.39 is 0 Å². The molecule has 2 atom stereocenters. The normalized spacial score (nSPS) is 29.5. The maximum atomic E-state index is 12.2. The lowest BCUT2D eigenvalue weighted by atomic mass is 10.0. The van der Waals surface area contributed by atoms with E-state index in [0.717, 1.165) is 10.2 Å². The van der Waals surface area contributed by atoms with Crippen LogP contribution in [0.2, 0.25) is 0 Å². The van der Waals surface area contributed by atoms with E-state index in [4.69, 9.17) is 5.73 Å². The molecule has 0 radical (unpaired) electrons. The number of halogens is 1. The minimum absolute atomic E-state index is 0.165. The van der Waals surface area contributed by atoms with Crippen LogP contribution >= 0.6 is 15.9 Å². The molecular weight excluding hydrogens is 292 g/mol. The van der Waals surface area contributed by atoms with Gasteiger partial charge in [0.25, 0.3) is 0 Å². The highest BCUT2D eigenvalue weighted by molar-refractivity contribution is 9.10. The Labute approximate surface area is 115 Å². The van der Waals surface area contributed by atoms with Crippen LogP contribution in [0.15, 0.2) is 22.7 Å². The van der Waals surface area contributed by atoms with E-state index in [1.54, 1.807) is 6.07 Å². The lowest BCUT2D eigenvalue weighted by Gasteiger charge is -2.08. The Kier molecular flexibility index (Phi) is 3.06. The number of hydrogen-bond donors (Lipinski definition) is 2. The summed E-state index contributed by atoms with van der Waals surface area (Å²) in [6.45, 7) is 0. The van der Waals surface area contributed by atoms with Crippen molar-refractivity contribution in [3.8, 4) is 0 Å². The van der Waals surface area contributed by atoms with E-state index in [-0.39, 0.29) is 11.8 Å². The average molecular weight is 309 g/mol. The fraction of sp³-hybridized carbons (Fsp3) is 0.500. The van der Waals surface area contributed by atoms with Gasteiger partial charge in [-0.1, -0.05) is 12.8 Å². The van der Waals surface area contributed by atoms with Crippen LogP contribution < -0.4 is 11.1 Å². The maximum absolute atomic E-state index is 12.2. The third-order valence-electron chi connectivity index (χ3n) is 4.21. The number of amides is 1. The van der Waals surface area contributed by atoms with Gasteiger partial charge in [0.1, 0.15) is 0 Å². The van der Waals surface area contributed by atoms with Gasteiger partial charge < -0.3 is 11.1 Å². The summed E-state index contributed by atoms with van der Waals surface area (Å²) in [6.07, 6.45) is 5.02. The fourth-order valence-corrected chi connectivity index (χ4v) is 3.58. The average Bonchev–Trinajstić information content (AvgIpc) is 3.08. The number of nitrogens with two attached hydrogens (primary N) is 1. The zero-order chi connectivity index (χ0) is 12.7. The first kappa shape index (κ1) is 12.0. The fourth-order valence-electron chi connectivity index (χ4n) is 3.24. The molecule has 3 N–H and O–H groups in total. The number of rotatable bonds is 2. The van der Waals surface area contributed by atoms with Crippen molar-refractivity contribution in [2.75, 3.05) is 11.1 Å². The van der Waals surface area contributed by atoms with Crippen molar-refractivity contribution in [1.29, 1.82) is 0 Å². The molecule has 1 aromatic carbocycles. The number of fused-ring (bicyclic) bond motifs is 1. The third-order valence-corrected chi connectivity index (χ3v) is 4.90. The van der Waals surface area contributed by atoms with Gasteiger partial charge in [-0.25, -0.2) is 0 Å². The zero-order valence-electron chi connectivity index (χ0n) is 10.2. The van der Waals surface area contributed by atoms with Crippen LogP contribution in [0.1, 0.15) is 25.7 Å². The molecule has 0 aromatic heterocycles. The Morgan fingerprint density at radius 1 is 1.28 bits per heavy atom. The molecule has 18 heavy (non-hydrogen) atoms. The summed E-state index contributed by atoms with van der Waals surface area (Å²) in [5.41, 5.74) is 7.19. The van der Waals surface area contributed by atoms with Gasteiger partial charge in [-0.05, 0) is 58.8 Å². The second-order valence-corrected chi connectivity index (χ2v) is 6.22. The van der Waals surface area contributed by atoms with E-state index in [1.165, 1.54) is 25.7 Å². The number of benzene rings is 1. The second-order valence-electron chi connectivity index (χ2n) is 5.37. The van der Waals surface area contributed by atoms with Crippen LogP contribution in [0.4, 0.5) is 11.4 Å². The molecule has 0 bridgehead atoms. The molecule has 0 saturated heterocycles. The van der Waals surface area contributed by atoms with E-state index in [0.29, 0.717) is 17.5 Å². The smallest absolute Gasteiger partial charge is 0.228 e. The van der Waals surface area contributed by atoms with Crippen LogP contribution in [0.25, 0.3) is 0 Å². The standard InChI is InChI=1S/C14H17BrN2O/c15-11-6-5-8(16)7-12(11)17-14(18)13-9-3-1-2-4-10(9)13/h5-7,9-10,13H,1-4,16H2,(H,17,18). The monoisotopic (exact) mass is 308 g/mol. The van der Waals surface area contributed by atoms with Crippen LogP contribution in [0.5, 0.6) is 0 Å². The van der Waals surface area contributed by atoms with Gasteiger partial charge in [-0.3, -0.25) is 4.79 Å². The highest BCUT2D eigenvalue weighted by Crippen LogP contribution is 2.55. The lowest BCUT2D eigenvalue weighted by molar-refractivity contribution is -0.117. The predicted molar refractivity (Wildman–Crippen MR) is 76.1 cm³/mol. The highest BCUT2D eigenvalue weighted by Gasteiger charge is 2.54. The molecule has 2 saturated carbocycles. The van der Waals surface area contributed by atoms with Crippen molar-refractivity contribution >= 4 is 33.2 Å². The third kappa shape index (κ3) is 2.14.